The van der Waals surface area contributed by atoms with Gasteiger partial charge >= 0.3 is 12.0 Å². The van der Waals surface area contributed by atoms with Crippen LogP contribution in [0.4, 0.5) is 16.3 Å². The van der Waals surface area contributed by atoms with E-state index in [0.717, 1.165) is 19.3 Å². The largest absolute Gasteiger partial charge is 0.482 e. The third kappa shape index (κ3) is 6.79. The number of benzene rings is 1. The maximum absolute atomic E-state index is 12.7. The molecule has 0 aliphatic heterocycles. The molecule has 27 heavy (non-hydrogen) atoms. The number of amides is 2. The molecule has 0 spiro atoms. The summed E-state index contributed by atoms with van der Waals surface area (Å²) in [7, 11) is 0. The van der Waals surface area contributed by atoms with E-state index in [1.54, 1.807) is 41.3 Å². The van der Waals surface area contributed by atoms with Gasteiger partial charge in [0.25, 0.3) is 0 Å². The normalized spacial score (nSPS) is 10.3. The molecule has 0 atom stereocenters. The maximum Gasteiger partial charge on any atom is 0.341 e. The maximum atomic E-state index is 12.7. The first kappa shape index (κ1) is 20.5. The van der Waals surface area contributed by atoms with E-state index >= 15 is 0 Å². The molecule has 0 saturated heterocycles. The molecule has 2 rings (SSSR count). The monoisotopic (exact) mass is 391 g/mol. The van der Waals surface area contributed by atoms with E-state index in [2.05, 4.69) is 17.2 Å². The zero-order valence-electron chi connectivity index (χ0n) is 15.0. The van der Waals surface area contributed by atoms with Crippen molar-refractivity contribution >= 4 is 35.1 Å². The standard InChI is InChI=1S/C19H22ClN3O4/c1-2-3-4-11-23(19(26)22-17-10-5-14(20)12-21-17)15-6-8-16(9-7-15)27-13-18(24)25/h5-10,12H,2-4,11,13H2,1H3,(H,24,25)(H,21,22,26). The number of hydrogen-bond donors (Lipinski definition) is 2. The Balaban J connectivity index is 2.11. The molecule has 0 fully saturated rings. The number of carbonyl (C=O) groups excluding carboxylic acids is 1. The number of carbonyl (C=O) groups is 2. The third-order valence-corrected chi connectivity index (χ3v) is 3.93. The molecule has 0 aliphatic carbocycles. The van der Waals surface area contributed by atoms with Gasteiger partial charge in [0, 0.05) is 18.4 Å². The van der Waals surface area contributed by atoms with Crippen LogP contribution in [0.2, 0.25) is 5.02 Å². The molecule has 1 heterocycles. The first-order chi connectivity index (χ1) is 13.0. The van der Waals surface area contributed by atoms with Crippen molar-refractivity contribution in [3.63, 3.8) is 0 Å². The fourth-order valence-electron chi connectivity index (χ4n) is 2.36. The van der Waals surface area contributed by atoms with E-state index in [9.17, 15) is 9.59 Å². The first-order valence-corrected chi connectivity index (χ1v) is 9.02. The van der Waals surface area contributed by atoms with Crippen molar-refractivity contribution in [2.24, 2.45) is 0 Å². The van der Waals surface area contributed by atoms with E-state index in [1.807, 2.05) is 0 Å². The van der Waals surface area contributed by atoms with Gasteiger partial charge < -0.3 is 9.84 Å². The number of nitrogens with zero attached hydrogens (tertiary/aromatic N) is 2. The lowest BCUT2D eigenvalue weighted by Crippen LogP contribution is -2.36. The Kier molecular flexibility index (Phi) is 7.88. The van der Waals surface area contributed by atoms with E-state index in [1.165, 1.54) is 6.20 Å². The zero-order chi connectivity index (χ0) is 19.6. The number of carboxylic acids is 1. The number of nitrogens with one attached hydrogen (secondary N) is 1. The van der Waals surface area contributed by atoms with Crippen molar-refractivity contribution in [3.05, 3.63) is 47.6 Å². The molecule has 0 aliphatic rings. The lowest BCUT2D eigenvalue weighted by Gasteiger charge is -2.23. The van der Waals surface area contributed by atoms with Crippen LogP contribution in [-0.2, 0) is 4.79 Å². The summed E-state index contributed by atoms with van der Waals surface area (Å²) in [4.78, 5) is 29.0. The number of aromatic nitrogens is 1. The van der Waals surface area contributed by atoms with Gasteiger partial charge in [0.15, 0.2) is 6.61 Å². The number of pyridine rings is 1. The minimum absolute atomic E-state index is 0.305. The van der Waals surface area contributed by atoms with Crippen molar-refractivity contribution < 1.29 is 19.4 Å². The van der Waals surface area contributed by atoms with Gasteiger partial charge in [-0.25, -0.2) is 14.6 Å². The van der Waals surface area contributed by atoms with Gasteiger partial charge in [-0.05, 0) is 42.8 Å². The van der Waals surface area contributed by atoms with Gasteiger partial charge in [-0.3, -0.25) is 10.2 Å². The molecule has 0 radical (unpaired) electrons. The molecular weight excluding hydrogens is 370 g/mol. The average molecular weight is 392 g/mol. The highest BCUT2D eigenvalue weighted by atomic mass is 35.5. The Morgan fingerprint density at radius 3 is 2.52 bits per heavy atom. The highest BCUT2D eigenvalue weighted by Crippen LogP contribution is 2.21. The summed E-state index contributed by atoms with van der Waals surface area (Å²) in [5.41, 5.74) is 0.681. The van der Waals surface area contributed by atoms with Gasteiger partial charge in [-0.15, -0.1) is 0 Å². The van der Waals surface area contributed by atoms with Crippen molar-refractivity contribution in [1.82, 2.24) is 4.98 Å². The molecule has 0 saturated carbocycles. The van der Waals surface area contributed by atoms with Gasteiger partial charge in [0.1, 0.15) is 11.6 Å². The molecule has 1 aromatic carbocycles. The molecule has 2 aromatic rings. The lowest BCUT2D eigenvalue weighted by atomic mass is 10.2. The molecule has 144 valence electrons. The number of anilines is 2. The van der Waals surface area contributed by atoms with Gasteiger partial charge in [-0.2, -0.15) is 0 Å². The van der Waals surface area contributed by atoms with Crippen LogP contribution in [0.25, 0.3) is 0 Å². The molecule has 0 unspecified atom stereocenters. The van der Waals surface area contributed by atoms with Crippen LogP contribution in [0.1, 0.15) is 26.2 Å². The Bertz CT molecular complexity index is 751. The summed E-state index contributed by atoms with van der Waals surface area (Å²) in [6.45, 7) is 2.22. The summed E-state index contributed by atoms with van der Waals surface area (Å²) in [5, 5.41) is 11.9. The Labute approximate surface area is 162 Å². The van der Waals surface area contributed by atoms with Crippen molar-refractivity contribution in [2.45, 2.75) is 26.2 Å². The molecule has 2 amide bonds. The summed E-state index contributed by atoms with van der Waals surface area (Å²) in [6.07, 6.45) is 4.36. The van der Waals surface area contributed by atoms with Crippen LogP contribution >= 0.6 is 11.6 Å². The topological polar surface area (TPSA) is 91.8 Å². The fraction of sp³-hybridized carbons (Fsp3) is 0.316. The molecule has 0 bridgehead atoms. The molecular formula is C19H22ClN3O4. The highest BCUT2D eigenvalue weighted by Gasteiger charge is 2.16. The Hall–Kier alpha value is -2.80. The minimum Gasteiger partial charge on any atom is -0.482 e. The number of ether oxygens (including phenoxy) is 1. The van der Waals surface area contributed by atoms with Gasteiger partial charge in [-0.1, -0.05) is 31.4 Å². The Morgan fingerprint density at radius 2 is 1.93 bits per heavy atom. The van der Waals surface area contributed by atoms with Crippen molar-refractivity contribution in [3.8, 4) is 5.75 Å². The van der Waals surface area contributed by atoms with E-state index in [0.29, 0.717) is 28.8 Å². The predicted octanol–water partition coefficient (Wildman–Crippen LogP) is 4.43. The Morgan fingerprint density at radius 1 is 1.19 bits per heavy atom. The number of carboxylic acid groups (broad SMARTS) is 1. The summed E-state index contributed by atoms with van der Waals surface area (Å²) in [5.74, 6) is -0.212. The number of unbranched alkanes of at least 4 members (excludes halogenated alkanes) is 2. The predicted molar refractivity (Wildman–Crippen MR) is 105 cm³/mol. The van der Waals surface area contributed by atoms with Crippen LogP contribution in [0, 0.1) is 0 Å². The minimum atomic E-state index is -1.05. The summed E-state index contributed by atoms with van der Waals surface area (Å²) >= 11 is 5.82. The second-order valence-electron chi connectivity index (χ2n) is 5.83. The number of hydrogen-bond acceptors (Lipinski definition) is 4. The van der Waals surface area contributed by atoms with Gasteiger partial charge in [0.2, 0.25) is 0 Å². The van der Waals surface area contributed by atoms with E-state index in [4.69, 9.17) is 21.4 Å². The first-order valence-electron chi connectivity index (χ1n) is 8.64. The third-order valence-electron chi connectivity index (χ3n) is 3.70. The number of urea groups is 1. The summed E-state index contributed by atoms with van der Waals surface area (Å²) in [6, 6.07) is 9.70. The molecule has 8 heteroatoms. The molecule has 7 nitrogen and oxygen atoms in total. The molecule has 2 N–H and O–H groups in total. The fourth-order valence-corrected chi connectivity index (χ4v) is 2.47. The smallest absolute Gasteiger partial charge is 0.341 e. The van der Waals surface area contributed by atoms with E-state index in [-0.39, 0.29) is 6.03 Å². The van der Waals surface area contributed by atoms with Gasteiger partial charge in [0.05, 0.1) is 5.02 Å². The second-order valence-corrected chi connectivity index (χ2v) is 6.26. The lowest BCUT2D eigenvalue weighted by molar-refractivity contribution is -0.139. The van der Waals surface area contributed by atoms with Crippen molar-refractivity contribution in [2.75, 3.05) is 23.4 Å². The van der Waals surface area contributed by atoms with Crippen LogP contribution in [0.15, 0.2) is 42.6 Å². The SMILES string of the molecule is CCCCCN(C(=O)Nc1ccc(Cl)cn1)c1ccc(OCC(=O)O)cc1. The van der Waals surface area contributed by atoms with Crippen LogP contribution in [0.3, 0.4) is 0 Å². The molecule has 1 aromatic heterocycles. The number of aliphatic carboxylic acids is 1. The van der Waals surface area contributed by atoms with Crippen LogP contribution < -0.4 is 15.0 Å². The van der Waals surface area contributed by atoms with Crippen LogP contribution in [-0.4, -0.2) is 35.2 Å². The van der Waals surface area contributed by atoms with E-state index < -0.39 is 12.6 Å². The number of rotatable bonds is 9. The van der Waals surface area contributed by atoms with Crippen LogP contribution in [0.5, 0.6) is 5.75 Å². The highest BCUT2D eigenvalue weighted by molar-refractivity contribution is 6.30. The quantitative estimate of drug-likeness (QED) is 0.617. The zero-order valence-corrected chi connectivity index (χ0v) is 15.8. The second kappa shape index (κ2) is 10.4. The average Bonchev–Trinajstić information content (AvgIpc) is 2.66. The number of halogens is 1. The summed E-state index contributed by atoms with van der Waals surface area (Å²) < 4.78 is 5.13. The van der Waals surface area contributed by atoms with Crippen molar-refractivity contribution in [1.29, 1.82) is 0 Å².